The van der Waals surface area contributed by atoms with Crippen molar-refractivity contribution in [1.29, 1.82) is 0 Å². The average molecular weight is 174 g/mol. The molecule has 0 saturated carbocycles. The molecule has 6 heteroatoms. The molecule has 0 saturated heterocycles. The topological polar surface area (TPSA) is 42.8 Å². The fourth-order valence-corrected chi connectivity index (χ4v) is 1.40. The molecule has 0 bridgehead atoms. The molecule has 4 nitrogen and oxygen atoms in total. The van der Waals surface area contributed by atoms with E-state index in [0.29, 0.717) is 5.28 Å². The number of halogens is 1. The van der Waals surface area contributed by atoms with Gasteiger partial charge in [-0.25, -0.2) is 0 Å². The normalized spacial score (nSPS) is 10.5. The maximum atomic E-state index is 5.65. The summed E-state index contributed by atoms with van der Waals surface area (Å²) >= 11 is 7.07. The van der Waals surface area contributed by atoms with E-state index < -0.39 is 0 Å². The van der Waals surface area contributed by atoms with Crippen LogP contribution in [0.4, 0.5) is 0 Å². The van der Waals surface area contributed by atoms with Gasteiger partial charge in [0, 0.05) is 0 Å². The van der Waals surface area contributed by atoms with E-state index in [4.69, 9.17) is 11.6 Å². The molecule has 0 atom stereocenters. The fraction of sp³-hybridized carbons (Fsp3) is 0. The highest BCUT2D eigenvalue weighted by atomic mass is 35.5. The molecular weight excluding hydrogens is 172 g/mol. The van der Waals surface area contributed by atoms with E-state index in [0.717, 1.165) is 4.96 Å². The lowest BCUT2D eigenvalue weighted by molar-refractivity contribution is -0.579. The molecule has 0 spiro atoms. The lowest BCUT2D eigenvalue weighted by Crippen LogP contribution is -2.26. The zero-order valence-corrected chi connectivity index (χ0v) is 6.30. The highest BCUT2D eigenvalue weighted by Crippen LogP contribution is 2.00. The average Bonchev–Trinajstić information content (AvgIpc) is 2.36. The van der Waals surface area contributed by atoms with Gasteiger partial charge in [-0.2, -0.15) is 0 Å². The van der Waals surface area contributed by atoms with E-state index in [2.05, 4.69) is 15.1 Å². The van der Waals surface area contributed by atoms with Crippen molar-refractivity contribution in [2.75, 3.05) is 0 Å². The second-order valence-corrected chi connectivity index (χ2v) is 2.73. The summed E-state index contributed by atoms with van der Waals surface area (Å²) < 4.78 is 1.48. The molecule has 2 aromatic heterocycles. The van der Waals surface area contributed by atoms with Crippen LogP contribution in [-0.4, -0.2) is 15.1 Å². The standard InChI is InChI=1S/C4H2ClN4S/c5-3-6-1-7-4-9(3)8-2-10-4/h1-2H/q+1. The third-order valence-corrected chi connectivity index (χ3v) is 1.96. The van der Waals surface area contributed by atoms with Gasteiger partial charge in [0.25, 0.3) is 6.33 Å². The summed E-state index contributed by atoms with van der Waals surface area (Å²) in [7, 11) is 0. The Labute approximate surface area is 65.1 Å². The van der Waals surface area contributed by atoms with Crippen LogP contribution in [0.5, 0.6) is 0 Å². The molecule has 0 N–H and O–H groups in total. The largest absolute Gasteiger partial charge is 0.362 e. The number of hydrogen-bond donors (Lipinski definition) is 0. The summed E-state index contributed by atoms with van der Waals surface area (Å²) in [4.78, 5) is 8.42. The number of aromatic nitrogens is 4. The Morgan fingerprint density at radius 1 is 1.50 bits per heavy atom. The molecule has 10 heavy (non-hydrogen) atoms. The van der Waals surface area contributed by atoms with Gasteiger partial charge in [-0.1, -0.05) is 14.5 Å². The van der Waals surface area contributed by atoms with Crippen LogP contribution in [0, 0.1) is 0 Å². The molecular formula is C4H2ClN4S+. The third kappa shape index (κ3) is 0.748. The van der Waals surface area contributed by atoms with Crippen LogP contribution in [0.25, 0.3) is 4.96 Å². The first-order chi connectivity index (χ1) is 4.88. The molecule has 2 heterocycles. The predicted molar refractivity (Wildman–Crippen MR) is 35.9 cm³/mol. The molecule has 0 aliphatic heterocycles. The van der Waals surface area contributed by atoms with Crippen molar-refractivity contribution in [2.45, 2.75) is 0 Å². The van der Waals surface area contributed by atoms with Crippen LogP contribution >= 0.6 is 22.9 Å². The van der Waals surface area contributed by atoms with E-state index in [1.807, 2.05) is 0 Å². The first-order valence-electron chi connectivity index (χ1n) is 2.50. The number of rotatable bonds is 0. The molecule has 0 aliphatic carbocycles. The van der Waals surface area contributed by atoms with Crippen molar-refractivity contribution in [3.05, 3.63) is 17.1 Å². The van der Waals surface area contributed by atoms with Crippen LogP contribution in [0.15, 0.2) is 11.8 Å². The van der Waals surface area contributed by atoms with Gasteiger partial charge < -0.3 is 0 Å². The second kappa shape index (κ2) is 2.10. The summed E-state index contributed by atoms with van der Waals surface area (Å²) in [5.74, 6) is 0. The Balaban J connectivity index is 2.95. The lowest BCUT2D eigenvalue weighted by Gasteiger charge is -1.78. The summed E-state index contributed by atoms with van der Waals surface area (Å²) in [5.41, 5.74) is 1.66. The Morgan fingerprint density at radius 2 is 2.40 bits per heavy atom. The van der Waals surface area contributed by atoms with Crippen molar-refractivity contribution in [2.24, 2.45) is 0 Å². The first kappa shape index (κ1) is 5.94. The van der Waals surface area contributed by atoms with Crippen LogP contribution < -0.4 is 4.52 Å². The second-order valence-electron chi connectivity index (χ2n) is 1.58. The highest BCUT2D eigenvalue weighted by molar-refractivity contribution is 7.14. The minimum Gasteiger partial charge on any atom is -0.100 e. The zero-order chi connectivity index (χ0) is 6.97. The molecule has 0 aliphatic rings. The summed E-state index contributed by atoms with van der Waals surface area (Å²) in [5, 5.41) is 4.24. The predicted octanol–water partition coefficient (Wildman–Crippen LogP) is 0.325. The van der Waals surface area contributed by atoms with Gasteiger partial charge in [-0.15, -0.1) is 5.10 Å². The van der Waals surface area contributed by atoms with Gasteiger partial charge in [0.2, 0.25) is 0 Å². The molecule has 2 rings (SSSR count). The minimum atomic E-state index is 0.339. The smallest absolute Gasteiger partial charge is 0.100 e. The molecule has 0 amide bonds. The maximum absolute atomic E-state index is 5.65. The van der Waals surface area contributed by atoms with Crippen LogP contribution in [0.2, 0.25) is 5.28 Å². The fourth-order valence-electron chi connectivity index (χ4n) is 0.609. The van der Waals surface area contributed by atoms with Gasteiger partial charge in [0.15, 0.2) is 0 Å². The Hall–Kier alpha value is -0.810. The van der Waals surface area contributed by atoms with Gasteiger partial charge in [-0.3, -0.25) is 0 Å². The molecule has 50 valence electrons. The Kier molecular flexibility index (Phi) is 1.25. The van der Waals surface area contributed by atoms with E-state index in [1.165, 1.54) is 22.2 Å². The van der Waals surface area contributed by atoms with Crippen LogP contribution in [-0.2, 0) is 0 Å². The van der Waals surface area contributed by atoms with Gasteiger partial charge in [-0.05, 0) is 22.9 Å². The van der Waals surface area contributed by atoms with Gasteiger partial charge in [0.05, 0.1) is 0 Å². The van der Waals surface area contributed by atoms with Crippen molar-refractivity contribution < 1.29 is 4.52 Å². The van der Waals surface area contributed by atoms with Crippen molar-refractivity contribution >= 4 is 27.9 Å². The van der Waals surface area contributed by atoms with Gasteiger partial charge >= 0.3 is 10.2 Å². The third-order valence-electron chi connectivity index (χ3n) is 1.01. The number of nitrogens with zero attached hydrogens (tertiary/aromatic N) is 4. The number of hydrogen-bond acceptors (Lipinski definition) is 4. The van der Waals surface area contributed by atoms with E-state index in [1.54, 1.807) is 5.51 Å². The van der Waals surface area contributed by atoms with Crippen LogP contribution in [0.1, 0.15) is 0 Å². The Bertz CT molecular complexity index is 359. The monoisotopic (exact) mass is 173 g/mol. The van der Waals surface area contributed by atoms with Crippen molar-refractivity contribution in [3.8, 4) is 0 Å². The quantitative estimate of drug-likeness (QED) is 0.539. The molecule has 0 unspecified atom stereocenters. The lowest BCUT2D eigenvalue weighted by atomic mass is 11.1. The van der Waals surface area contributed by atoms with E-state index >= 15 is 0 Å². The van der Waals surface area contributed by atoms with Crippen LogP contribution in [0.3, 0.4) is 0 Å². The molecule has 2 aromatic rings. The first-order valence-corrected chi connectivity index (χ1v) is 3.76. The minimum absolute atomic E-state index is 0.339. The number of fused-ring (bicyclic) bond motifs is 1. The Morgan fingerprint density at radius 3 is 3.20 bits per heavy atom. The summed E-state index contributed by atoms with van der Waals surface area (Å²) in [6.45, 7) is 0. The van der Waals surface area contributed by atoms with Gasteiger partial charge in [0.1, 0.15) is 5.51 Å². The van der Waals surface area contributed by atoms with Crippen molar-refractivity contribution in [3.63, 3.8) is 0 Å². The summed E-state index contributed by atoms with van der Waals surface area (Å²) in [6, 6.07) is 0. The molecule has 0 aromatic carbocycles. The molecule has 0 fully saturated rings. The highest BCUT2D eigenvalue weighted by Gasteiger charge is 2.09. The van der Waals surface area contributed by atoms with E-state index in [-0.39, 0.29) is 0 Å². The maximum Gasteiger partial charge on any atom is 0.362 e. The van der Waals surface area contributed by atoms with Crippen molar-refractivity contribution in [1.82, 2.24) is 15.1 Å². The zero-order valence-electron chi connectivity index (χ0n) is 4.73. The van der Waals surface area contributed by atoms with E-state index in [9.17, 15) is 0 Å². The SMILES string of the molecule is Clc1ncnc2scn[n+]12. The summed E-state index contributed by atoms with van der Waals surface area (Å²) in [6.07, 6.45) is 1.41. The molecule has 0 radical (unpaired) electrons.